The number of rotatable bonds is 3. The third-order valence-corrected chi connectivity index (χ3v) is 1.28. The van der Waals surface area contributed by atoms with E-state index in [1.165, 1.54) is 7.11 Å². The summed E-state index contributed by atoms with van der Waals surface area (Å²) >= 11 is 0. The largest absolute Gasteiger partial charge is 0.504 e. The molecular formula is C11H12O4. The molecule has 0 aliphatic heterocycles. The zero-order valence-corrected chi connectivity index (χ0v) is 8.29. The van der Waals surface area contributed by atoms with Crippen molar-refractivity contribution in [3.05, 3.63) is 48.2 Å². The van der Waals surface area contributed by atoms with Gasteiger partial charge in [-0.1, -0.05) is 30.3 Å². The first kappa shape index (κ1) is 12.9. The molecule has 0 aliphatic carbocycles. The first-order valence-electron chi connectivity index (χ1n) is 4.13. The molecule has 0 aliphatic rings. The molecule has 0 aromatic heterocycles. The standard InChI is InChI=1S/C7H6O.C4H6O3/c8-6-7-4-2-1-3-5-7;1-7-3-2-4(5)6/h1-6H;2-3H,1H3,(H,5,6). The van der Waals surface area contributed by atoms with Gasteiger partial charge in [-0.3, -0.25) is 4.79 Å². The number of aliphatic carboxylic acids is 1. The molecule has 15 heavy (non-hydrogen) atoms. The lowest BCUT2D eigenvalue weighted by molar-refractivity contribution is -0.131. The van der Waals surface area contributed by atoms with E-state index in [0.717, 1.165) is 24.2 Å². The third-order valence-electron chi connectivity index (χ3n) is 1.28. The van der Waals surface area contributed by atoms with Crippen LogP contribution in [0.1, 0.15) is 10.4 Å². The fourth-order valence-electron chi connectivity index (χ4n) is 0.658. The summed E-state index contributed by atoms with van der Waals surface area (Å²) in [6, 6.07) is 9.10. The Morgan fingerprint density at radius 3 is 2.20 bits per heavy atom. The Kier molecular flexibility index (Phi) is 7.31. The van der Waals surface area contributed by atoms with Gasteiger partial charge in [0.1, 0.15) is 6.29 Å². The maximum absolute atomic E-state index is 10.0. The highest BCUT2D eigenvalue weighted by Gasteiger charge is 1.80. The van der Waals surface area contributed by atoms with E-state index < -0.39 is 5.97 Å². The molecule has 0 bridgehead atoms. The van der Waals surface area contributed by atoms with E-state index in [0.29, 0.717) is 0 Å². The molecule has 0 atom stereocenters. The van der Waals surface area contributed by atoms with Gasteiger partial charge >= 0.3 is 5.97 Å². The number of hydrogen-bond donors (Lipinski definition) is 1. The van der Waals surface area contributed by atoms with Gasteiger partial charge < -0.3 is 9.84 Å². The Morgan fingerprint density at radius 1 is 1.33 bits per heavy atom. The summed E-state index contributed by atoms with van der Waals surface area (Å²) in [4.78, 5) is 19.6. The van der Waals surface area contributed by atoms with E-state index in [2.05, 4.69) is 4.74 Å². The molecule has 0 saturated carbocycles. The number of benzene rings is 1. The molecule has 0 fully saturated rings. The molecule has 80 valence electrons. The zero-order valence-electron chi connectivity index (χ0n) is 8.29. The Balaban J connectivity index is 0.000000265. The maximum Gasteiger partial charge on any atom is 0.331 e. The number of aldehydes is 1. The van der Waals surface area contributed by atoms with Gasteiger partial charge in [0.15, 0.2) is 0 Å². The molecule has 0 radical (unpaired) electrons. The quantitative estimate of drug-likeness (QED) is 0.466. The second kappa shape index (κ2) is 8.50. The van der Waals surface area contributed by atoms with Crippen molar-refractivity contribution in [2.45, 2.75) is 0 Å². The van der Waals surface area contributed by atoms with Crippen molar-refractivity contribution in [3.63, 3.8) is 0 Å². The van der Waals surface area contributed by atoms with Gasteiger partial charge in [-0.15, -0.1) is 0 Å². The highest BCUT2D eigenvalue weighted by molar-refractivity contribution is 5.79. The molecule has 1 aromatic carbocycles. The van der Waals surface area contributed by atoms with Crippen LogP contribution in [-0.2, 0) is 9.53 Å². The molecule has 1 aromatic rings. The number of hydrogen-bond acceptors (Lipinski definition) is 3. The monoisotopic (exact) mass is 208 g/mol. The highest BCUT2D eigenvalue weighted by atomic mass is 16.5. The second-order valence-corrected chi connectivity index (χ2v) is 2.41. The number of carbonyl (C=O) groups excluding carboxylic acids is 1. The average molecular weight is 208 g/mol. The van der Waals surface area contributed by atoms with Crippen molar-refractivity contribution in [1.82, 2.24) is 0 Å². The molecule has 0 spiro atoms. The van der Waals surface area contributed by atoms with E-state index in [1.807, 2.05) is 18.2 Å². The zero-order chi connectivity index (χ0) is 11.5. The summed E-state index contributed by atoms with van der Waals surface area (Å²) in [5.41, 5.74) is 0.729. The van der Waals surface area contributed by atoms with Gasteiger partial charge in [0, 0.05) is 5.56 Å². The van der Waals surface area contributed by atoms with Crippen LogP contribution in [0.25, 0.3) is 0 Å². The minimum absolute atomic E-state index is 0.729. The minimum atomic E-state index is -0.998. The number of carbonyl (C=O) groups is 2. The molecular weight excluding hydrogens is 196 g/mol. The van der Waals surface area contributed by atoms with E-state index in [-0.39, 0.29) is 0 Å². The number of carboxylic acids is 1. The Labute approximate surface area is 87.8 Å². The predicted octanol–water partition coefficient (Wildman–Crippen LogP) is 1.73. The molecule has 0 unspecified atom stereocenters. The van der Waals surface area contributed by atoms with Crippen molar-refractivity contribution >= 4 is 12.3 Å². The van der Waals surface area contributed by atoms with Gasteiger partial charge in [-0.2, -0.15) is 0 Å². The summed E-state index contributed by atoms with van der Waals surface area (Å²) in [6.45, 7) is 0. The number of carboxylic acid groups (broad SMARTS) is 1. The number of methoxy groups -OCH3 is 1. The average Bonchev–Trinajstić information content (AvgIpc) is 2.28. The van der Waals surface area contributed by atoms with Crippen LogP contribution in [0.5, 0.6) is 0 Å². The topological polar surface area (TPSA) is 63.6 Å². The fourth-order valence-corrected chi connectivity index (χ4v) is 0.658. The van der Waals surface area contributed by atoms with E-state index in [1.54, 1.807) is 12.1 Å². The van der Waals surface area contributed by atoms with Gasteiger partial charge in [0.25, 0.3) is 0 Å². The van der Waals surface area contributed by atoms with E-state index in [4.69, 9.17) is 5.11 Å². The summed E-state index contributed by atoms with van der Waals surface area (Å²) in [5, 5.41) is 7.88. The van der Waals surface area contributed by atoms with Crippen molar-refractivity contribution in [2.75, 3.05) is 7.11 Å². The lowest BCUT2D eigenvalue weighted by atomic mass is 10.2. The molecule has 0 heterocycles. The second-order valence-electron chi connectivity index (χ2n) is 2.41. The Bertz CT molecular complexity index is 317. The SMILES string of the molecule is COC=CC(=O)O.O=Cc1ccccc1. The van der Waals surface area contributed by atoms with Gasteiger partial charge in [-0.25, -0.2) is 4.79 Å². The lowest BCUT2D eigenvalue weighted by Crippen LogP contribution is -1.85. The Morgan fingerprint density at radius 2 is 1.93 bits per heavy atom. The first-order chi connectivity index (χ1) is 7.20. The van der Waals surface area contributed by atoms with Gasteiger partial charge in [0.05, 0.1) is 19.4 Å². The van der Waals surface area contributed by atoms with Crippen LogP contribution in [0.15, 0.2) is 42.7 Å². The smallest absolute Gasteiger partial charge is 0.331 e. The minimum Gasteiger partial charge on any atom is -0.504 e. The summed E-state index contributed by atoms with van der Waals surface area (Å²) in [7, 11) is 1.39. The molecule has 4 nitrogen and oxygen atoms in total. The van der Waals surface area contributed by atoms with Crippen LogP contribution in [0.4, 0.5) is 0 Å². The first-order valence-corrected chi connectivity index (χ1v) is 4.13. The van der Waals surface area contributed by atoms with E-state index >= 15 is 0 Å². The van der Waals surface area contributed by atoms with Crippen molar-refractivity contribution in [3.8, 4) is 0 Å². The maximum atomic E-state index is 10.0. The van der Waals surface area contributed by atoms with Crippen LogP contribution in [0.2, 0.25) is 0 Å². The predicted molar refractivity (Wildman–Crippen MR) is 55.6 cm³/mol. The summed E-state index contributed by atoms with van der Waals surface area (Å²) in [6.07, 6.45) is 2.85. The van der Waals surface area contributed by atoms with Crippen molar-refractivity contribution < 1.29 is 19.4 Å². The van der Waals surface area contributed by atoms with Crippen LogP contribution >= 0.6 is 0 Å². The summed E-state index contributed by atoms with van der Waals surface area (Å²) < 4.78 is 4.29. The van der Waals surface area contributed by atoms with Crippen LogP contribution in [0.3, 0.4) is 0 Å². The van der Waals surface area contributed by atoms with Crippen molar-refractivity contribution in [1.29, 1.82) is 0 Å². The molecule has 0 saturated heterocycles. The molecule has 1 rings (SSSR count). The van der Waals surface area contributed by atoms with Gasteiger partial charge in [0.2, 0.25) is 0 Å². The van der Waals surface area contributed by atoms with Crippen LogP contribution in [0, 0.1) is 0 Å². The van der Waals surface area contributed by atoms with Crippen molar-refractivity contribution in [2.24, 2.45) is 0 Å². The Hall–Kier alpha value is -2.10. The van der Waals surface area contributed by atoms with E-state index in [9.17, 15) is 9.59 Å². The summed E-state index contributed by atoms with van der Waals surface area (Å²) in [5.74, 6) is -0.998. The van der Waals surface area contributed by atoms with Crippen LogP contribution < -0.4 is 0 Å². The fraction of sp³-hybridized carbons (Fsp3) is 0.0909. The molecule has 1 N–H and O–H groups in total. The highest BCUT2D eigenvalue weighted by Crippen LogP contribution is 1.91. The molecule has 4 heteroatoms. The third kappa shape index (κ3) is 8.24. The van der Waals surface area contributed by atoms with Crippen LogP contribution in [-0.4, -0.2) is 24.5 Å². The lowest BCUT2D eigenvalue weighted by Gasteiger charge is -1.81. The molecule has 0 amide bonds. The van der Waals surface area contributed by atoms with Gasteiger partial charge in [-0.05, 0) is 0 Å². The number of ether oxygens (including phenoxy) is 1. The normalized spacial score (nSPS) is 8.87.